The van der Waals surface area contributed by atoms with Gasteiger partial charge in [-0.15, -0.1) is 0 Å². The molecule has 0 aliphatic heterocycles. The largest absolute Gasteiger partial charge is 0.458 e. The number of hydrogen-bond acceptors (Lipinski definition) is 7. The van der Waals surface area contributed by atoms with Crippen molar-refractivity contribution in [3.63, 3.8) is 0 Å². The highest BCUT2D eigenvalue weighted by molar-refractivity contribution is 7.77. The molecule has 0 saturated carbocycles. The fourth-order valence-corrected chi connectivity index (χ4v) is 5.39. The third-order valence-corrected chi connectivity index (χ3v) is 7.59. The molecule has 4 N–H and O–H groups in total. The van der Waals surface area contributed by atoms with Crippen LogP contribution in [0.4, 0.5) is 14.6 Å². The summed E-state index contributed by atoms with van der Waals surface area (Å²) in [6, 6.07) is 16.2. The van der Waals surface area contributed by atoms with Crippen LogP contribution in [0.15, 0.2) is 82.3 Å². The van der Waals surface area contributed by atoms with Crippen molar-refractivity contribution in [2.75, 3.05) is 12.3 Å². The Bertz CT molecular complexity index is 2080. The maximum Gasteiger partial charge on any atom is 0.231 e. The molecule has 3 heterocycles. The van der Waals surface area contributed by atoms with Gasteiger partial charge in [0.15, 0.2) is 5.65 Å². The van der Waals surface area contributed by atoms with Crippen molar-refractivity contribution in [2.45, 2.75) is 19.4 Å². The van der Waals surface area contributed by atoms with Gasteiger partial charge in [0, 0.05) is 12.1 Å². The van der Waals surface area contributed by atoms with Crippen LogP contribution in [-0.4, -0.2) is 35.1 Å². The average molecular weight is 603 g/mol. The number of benzene rings is 3. The maximum atomic E-state index is 14.8. The molecule has 0 fully saturated rings. The van der Waals surface area contributed by atoms with Crippen LogP contribution in [0.1, 0.15) is 24.3 Å². The lowest BCUT2D eigenvalue weighted by Gasteiger charge is -2.17. The van der Waals surface area contributed by atoms with Crippen LogP contribution in [0.5, 0.6) is 0 Å². The summed E-state index contributed by atoms with van der Waals surface area (Å²) in [5.74, 6) is -1.00. The molecule has 2 unspecified atom stereocenters. The molecule has 6 aromatic rings. The van der Waals surface area contributed by atoms with E-state index in [2.05, 4.69) is 14.7 Å². The highest BCUT2D eigenvalue weighted by atomic mass is 32.2. The summed E-state index contributed by atoms with van der Waals surface area (Å²) < 4.78 is 59.1. The zero-order valence-corrected chi connectivity index (χ0v) is 23.4. The number of nitrogen functional groups attached to an aromatic ring is 1. The van der Waals surface area contributed by atoms with Gasteiger partial charge in [0.2, 0.25) is 16.7 Å². The van der Waals surface area contributed by atoms with Crippen molar-refractivity contribution < 1.29 is 22.0 Å². The SMILES string of the molecule is CC(c1oc2cccc(F)c2c(=O)c1-c1cccc(F)c1)n1nc(-c2ccc(CCNS(=O)O)cc2)c2c(N)ncnc21. The van der Waals surface area contributed by atoms with E-state index in [1.807, 2.05) is 24.3 Å². The Morgan fingerprint density at radius 2 is 1.81 bits per heavy atom. The van der Waals surface area contributed by atoms with E-state index in [4.69, 9.17) is 19.8 Å². The summed E-state index contributed by atoms with van der Waals surface area (Å²) in [5.41, 5.74) is 8.37. The number of rotatable bonds is 8. The summed E-state index contributed by atoms with van der Waals surface area (Å²) in [5, 5.41) is 5.06. The molecular formula is C30H24F2N6O4S. The number of nitrogens with two attached hydrogens (primary N) is 1. The minimum Gasteiger partial charge on any atom is -0.458 e. The number of anilines is 1. The summed E-state index contributed by atoms with van der Waals surface area (Å²) in [6.45, 7) is 2.05. The molecule has 2 atom stereocenters. The Morgan fingerprint density at radius 3 is 2.56 bits per heavy atom. The van der Waals surface area contributed by atoms with E-state index in [9.17, 15) is 17.8 Å². The van der Waals surface area contributed by atoms with Crippen LogP contribution in [-0.2, 0) is 17.7 Å². The van der Waals surface area contributed by atoms with E-state index in [0.29, 0.717) is 35.3 Å². The molecule has 0 amide bonds. The van der Waals surface area contributed by atoms with Crippen LogP contribution in [0.25, 0.3) is 44.4 Å². The molecule has 0 aliphatic carbocycles. The van der Waals surface area contributed by atoms with Crippen molar-refractivity contribution in [3.8, 4) is 22.4 Å². The first-order valence-corrected chi connectivity index (χ1v) is 14.3. The van der Waals surface area contributed by atoms with Crippen LogP contribution in [0.2, 0.25) is 0 Å². The van der Waals surface area contributed by atoms with Crippen molar-refractivity contribution in [1.29, 1.82) is 0 Å². The molecule has 13 heteroatoms. The van der Waals surface area contributed by atoms with Crippen molar-refractivity contribution in [3.05, 3.63) is 106 Å². The first kappa shape index (κ1) is 28.3. The predicted octanol–water partition coefficient (Wildman–Crippen LogP) is 5.01. The van der Waals surface area contributed by atoms with Crippen LogP contribution < -0.4 is 15.9 Å². The number of halogens is 2. The van der Waals surface area contributed by atoms with Crippen molar-refractivity contribution >= 4 is 39.1 Å². The zero-order chi connectivity index (χ0) is 30.2. The molecule has 0 radical (unpaired) electrons. The smallest absolute Gasteiger partial charge is 0.231 e. The summed E-state index contributed by atoms with van der Waals surface area (Å²) in [4.78, 5) is 22.4. The Kier molecular flexibility index (Phi) is 7.52. The molecule has 0 spiro atoms. The zero-order valence-electron chi connectivity index (χ0n) is 22.6. The van der Waals surface area contributed by atoms with Gasteiger partial charge in [0.1, 0.15) is 52.2 Å². The minimum atomic E-state index is -2.09. The van der Waals surface area contributed by atoms with Gasteiger partial charge in [-0.3, -0.25) is 9.35 Å². The van der Waals surface area contributed by atoms with Gasteiger partial charge in [0.25, 0.3) is 0 Å². The molecule has 3 aromatic heterocycles. The van der Waals surface area contributed by atoms with Gasteiger partial charge < -0.3 is 10.2 Å². The number of nitrogens with one attached hydrogen (secondary N) is 1. The highest BCUT2D eigenvalue weighted by Gasteiger charge is 2.27. The normalized spacial score (nSPS) is 13.0. The topological polar surface area (TPSA) is 149 Å². The van der Waals surface area contributed by atoms with E-state index < -0.39 is 34.4 Å². The molecule has 218 valence electrons. The van der Waals surface area contributed by atoms with Crippen molar-refractivity contribution in [2.24, 2.45) is 0 Å². The molecule has 3 aromatic carbocycles. The van der Waals surface area contributed by atoms with E-state index in [0.717, 1.165) is 5.56 Å². The number of hydrogen-bond donors (Lipinski definition) is 3. The first-order chi connectivity index (χ1) is 20.7. The molecule has 6 rings (SSSR count). The second kappa shape index (κ2) is 11.4. The van der Waals surface area contributed by atoms with Crippen LogP contribution in [0, 0.1) is 11.6 Å². The Labute approximate surface area is 245 Å². The lowest BCUT2D eigenvalue weighted by atomic mass is 9.99. The summed E-state index contributed by atoms with van der Waals surface area (Å²) in [6.07, 6.45) is 1.82. The fourth-order valence-electron chi connectivity index (χ4n) is 5.12. The van der Waals surface area contributed by atoms with Crippen molar-refractivity contribution in [1.82, 2.24) is 24.5 Å². The first-order valence-electron chi connectivity index (χ1n) is 13.2. The van der Waals surface area contributed by atoms with Crippen LogP contribution >= 0.6 is 0 Å². The molecular weight excluding hydrogens is 578 g/mol. The Hall–Kier alpha value is -4.85. The van der Waals surface area contributed by atoms with Gasteiger partial charge in [-0.2, -0.15) is 5.10 Å². The van der Waals surface area contributed by atoms with E-state index >= 15 is 0 Å². The Balaban J connectivity index is 1.52. The summed E-state index contributed by atoms with van der Waals surface area (Å²) in [7, 11) is 0. The number of fused-ring (bicyclic) bond motifs is 2. The van der Waals surface area contributed by atoms with Gasteiger partial charge in [-0.25, -0.2) is 32.4 Å². The van der Waals surface area contributed by atoms with E-state index in [-0.39, 0.29) is 33.7 Å². The third-order valence-electron chi connectivity index (χ3n) is 7.14. The lowest BCUT2D eigenvalue weighted by Crippen LogP contribution is -2.18. The second-order valence-corrected chi connectivity index (χ2v) is 10.6. The predicted molar refractivity (Wildman–Crippen MR) is 159 cm³/mol. The standard InChI is InChI=1S/C30H24F2N6O4S/c1-16(28-23(19-4-2-5-20(31)14-19)27(39)24-21(32)6-3-7-22(24)42-28)38-30-25(29(33)34-15-35-30)26(37-38)18-10-8-17(9-11-18)12-13-36-43(40)41/h2-11,14-16,36H,12-13H2,1H3,(H,40,41)(H2,33,34,35). The lowest BCUT2D eigenvalue weighted by molar-refractivity contribution is 0.445. The van der Waals surface area contributed by atoms with Gasteiger partial charge in [0.05, 0.1) is 10.9 Å². The molecule has 0 bridgehead atoms. The molecule has 43 heavy (non-hydrogen) atoms. The summed E-state index contributed by atoms with van der Waals surface area (Å²) >= 11 is -2.09. The molecule has 0 aliphatic rings. The van der Waals surface area contributed by atoms with Gasteiger partial charge >= 0.3 is 0 Å². The monoisotopic (exact) mass is 602 g/mol. The third kappa shape index (κ3) is 5.29. The average Bonchev–Trinajstić information content (AvgIpc) is 3.38. The fraction of sp³-hybridized carbons (Fsp3) is 0.133. The Morgan fingerprint density at radius 1 is 1.05 bits per heavy atom. The van der Waals surface area contributed by atoms with Gasteiger partial charge in [-0.05, 0) is 48.7 Å². The van der Waals surface area contributed by atoms with Crippen LogP contribution in [0.3, 0.4) is 0 Å². The van der Waals surface area contributed by atoms with E-state index in [1.165, 1.54) is 42.7 Å². The van der Waals surface area contributed by atoms with E-state index in [1.54, 1.807) is 17.7 Å². The second-order valence-electron chi connectivity index (χ2n) is 9.81. The quantitative estimate of drug-likeness (QED) is 0.206. The molecule has 10 nitrogen and oxygen atoms in total. The van der Waals surface area contributed by atoms with Gasteiger partial charge in [-0.1, -0.05) is 42.5 Å². The molecule has 0 saturated heterocycles. The number of aromatic nitrogens is 4. The minimum absolute atomic E-state index is 0.00130. The maximum absolute atomic E-state index is 14.8. The highest BCUT2D eigenvalue weighted by Crippen LogP contribution is 2.36. The number of nitrogens with zero attached hydrogens (tertiary/aromatic N) is 4.